The van der Waals surface area contributed by atoms with E-state index in [1.165, 1.54) is 6.08 Å². The quantitative estimate of drug-likeness (QED) is 0.857. The largest absolute Gasteiger partial charge is 0.465 e. The van der Waals surface area contributed by atoms with Crippen molar-refractivity contribution in [1.82, 2.24) is 4.98 Å². The molecule has 0 radical (unpaired) electrons. The molecule has 0 aliphatic rings. The fourth-order valence-electron chi connectivity index (χ4n) is 1.92. The molecule has 0 bridgehead atoms. The molecule has 0 spiro atoms. The van der Waals surface area contributed by atoms with Gasteiger partial charge in [0.1, 0.15) is 5.76 Å². The van der Waals surface area contributed by atoms with E-state index in [0.717, 1.165) is 22.6 Å². The standard InChI is InChI=1S/C15H16N2O2/c1-10-9-11(2)16-12(3)15(10)17-14(18)7-6-13-5-4-8-19-13/h4-9H,1-3H3,(H,17,18). The predicted molar refractivity (Wildman–Crippen MR) is 74.8 cm³/mol. The highest BCUT2D eigenvalue weighted by molar-refractivity contribution is 6.02. The Balaban J connectivity index is 2.11. The number of aromatic nitrogens is 1. The molecule has 0 fully saturated rings. The third-order valence-corrected chi connectivity index (χ3v) is 2.72. The van der Waals surface area contributed by atoms with Gasteiger partial charge in [-0.05, 0) is 50.6 Å². The van der Waals surface area contributed by atoms with E-state index in [-0.39, 0.29) is 5.91 Å². The van der Waals surface area contributed by atoms with Crippen LogP contribution in [-0.4, -0.2) is 10.9 Å². The first-order chi connectivity index (χ1) is 9.06. The third-order valence-electron chi connectivity index (χ3n) is 2.72. The number of nitrogens with zero attached hydrogens (tertiary/aromatic N) is 1. The molecule has 0 aromatic carbocycles. The summed E-state index contributed by atoms with van der Waals surface area (Å²) in [6, 6.07) is 5.50. The van der Waals surface area contributed by atoms with Gasteiger partial charge in [-0.2, -0.15) is 0 Å². The maximum absolute atomic E-state index is 11.8. The monoisotopic (exact) mass is 256 g/mol. The maximum Gasteiger partial charge on any atom is 0.248 e. The number of pyridine rings is 1. The lowest BCUT2D eigenvalue weighted by atomic mass is 10.1. The van der Waals surface area contributed by atoms with Crippen LogP contribution in [0.2, 0.25) is 0 Å². The summed E-state index contributed by atoms with van der Waals surface area (Å²) < 4.78 is 5.12. The van der Waals surface area contributed by atoms with E-state index in [1.54, 1.807) is 24.5 Å². The van der Waals surface area contributed by atoms with Crippen molar-refractivity contribution in [3.63, 3.8) is 0 Å². The molecule has 2 aromatic rings. The summed E-state index contributed by atoms with van der Waals surface area (Å²) in [6.45, 7) is 5.77. The number of hydrogen-bond donors (Lipinski definition) is 1. The molecule has 0 aliphatic heterocycles. The van der Waals surface area contributed by atoms with Crippen molar-refractivity contribution in [3.8, 4) is 0 Å². The molecule has 0 aliphatic carbocycles. The number of rotatable bonds is 3. The molecule has 2 aromatic heterocycles. The Morgan fingerprint density at radius 2 is 2.16 bits per heavy atom. The number of furan rings is 1. The van der Waals surface area contributed by atoms with E-state index in [2.05, 4.69) is 10.3 Å². The number of carbonyl (C=O) groups is 1. The van der Waals surface area contributed by atoms with Crippen LogP contribution in [0, 0.1) is 20.8 Å². The highest BCUT2D eigenvalue weighted by Crippen LogP contribution is 2.19. The topological polar surface area (TPSA) is 55.1 Å². The molecule has 0 saturated carbocycles. The van der Waals surface area contributed by atoms with Gasteiger partial charge in [0.05, 0.1) is 17.6 Å². The van der Waals surface area contributed by atoms with Crippen LogP contribution in [0.4, 0.5) is 5.69 Å². The van der Waals surface area contributed by atoms with Gasteiger partial charge in [0.25, 0.3) is 0 Å². The summed E-state index contributed by atoms with van der Waals surface area (Å²) in [5.41, 5.74) is 3.53. The predicted octanol–water partition coefficient (Wildman–Crippen LogP) is 3.25. The van der Waals surface area contributed by atoms with Gasteiger partial charge in [0.2, 0.25) is 5.91 Å². The van der Waals surface area contributed by atoms with Crippen molar-refractivity contribution in [2.24, 2.45) is 0 Å². The van der Waals surface area contributed by atoms with Gasteiger partial charge in [-0.15, -0.1) is 0 Å². The van der Waals surface area contributed by atoms with Crippen molar-refractivity contribution >= 4 is 17.7 Å². The highest BCUT2D eigenvalue weighted by Gasteiger charge is 2.07. The molecular weight excluding hydrogens is 240 g/mol. The van der Waals surface area contributed by atoms with Gasteiger partial charge in [0.15, 0.2) is 0 Å². The first-order valence-corrected chi connectivity index (χ1v) is 6.03. The van der Waals surface area contributed by atoms with Gasteiger partial charge in [-0.25, -0.2) is 0 Å². The van der Waals surface area contributed by atoms with Crippen molar-refractivity contribution in [1.29, 1.82) is 0 Å². The molecule has 0 unspecified atom stereocenters. The lowest BCUT2D eigenvalue weighted by Crippen LogP contribution is -2.11. The Labute approximate surface area is 112 Å². The number of amides is 1. The van der Waals surface area contributed by atoms with Gasteiger partial charge in [0, 0.05) is 11.8 Å². The lowest BCUT2D eigenvalue weighted by Gasteiger charge is -2.10. The Bertz CT molecular complexity index is 590. The molecule has 19 heavy (non-hydrogen) atoms. The molecule has 98 valence electrons. The van der Waals surface area contributed by atoms with Gasteiger partial charge in [-0.1, -0.05) is 0 Å². The Kier molecular flexibility index (Phi) is 3.80. The normalized spacial score (nSPS) is 10.9. The summed E-state index contributed by atoms with van der Waals surface area (Å²) in [4.78, 5) is 16.2. The second-order valence-electron chi connectivity index (χ2n) is 4.38. The molecule has 2 rings (SSSR count). The van der Waals surface area contributed by atoms with E-state index in [1.807, 2.05) is 26.8 Å². The minimum absolute atomic E-state index is 0.201. The fraction of sp³-hybridized carbons (Fsp3) is 0.200. The van der Waals surface area contributed by atoms with Gasteiger partial charge in [-0.3, -0.25) is 9.78 Å². The van der Waals surface area contributed by atoms with Crippen LogP contribution in [0.3, 0.4) is 0 Å². The molecule has 4 heteroatoms. The zero-order chi connectivity index (χ0) is 13.8. The van der Waals surface area contributed by atoms with Crippen molar-refractivity contribution in [3.05, 3.63) is 53.2 Å². The summed E-state index contributed by atoms with van der Waals surface area (Å²) in [5, 5.41) is 2.84. The molecule has 2 heterocycles. The van der Waals surface area contributed by atoms with Crippen molar-refractivity contribution in [2.75, 3.05) is 5.32 Å². The fourth-order valence-corrected chi connectivity index (χ4v) is 1.92. The number of nitrogens with one attached hydrogen (secondary N) is 1. The Morgan fingerprint density at radius 3 is 2.79 bits per heavy atom. The van der Waals surface area contributed by atoms with Crippen LogP contribution in [0.5, 0.6) is 0 Å². The van der Waals surface area contributed by atoms with Crippen LogP contribution in [0.1, 0.15) is 22.7 Å². The van der Waals surface area contributed by atoms with Gasteiger partial charge < -0.3 is 9.73 Å². The summed E-state index contributed by atoms with van der Waals surface area (Å²) in [7, 11) is 0. The summed E-state index contributed by atoms with van der Waals surface area (Å²) in [5.74, 6) is 0.443. The number of hydrogen-bond acceptors (Lipinski definition) is 3. The van der Waals surface area contributed by atoms with Crippen LogP contribution in [0.25, 0.3) is 6.08 Å². The first kappa shape index (κ1) is 13.1. The van der Waals surface area contributed by atoms with Crippen molar-refractivity contribution in [2.45, 2.75) is 20.8 Å². The van der Waals surface area contributed by atoms with Crippen LogP contribution >= 0.6 is 0 Å². The average Bonchev–Trinajstić information content (AvgIpc) is 2.84. The van der Waals surface area contributed by atoms with E-state index in [0.29, 0.717) is 5.76 Å². The van der Waals surface area contributed by atoms with Gasteiger partial charge >= 0.3 is 0 Å². The lowest BCUT2D eigenvalue weighted by molar-refractivity contribution is -0.111. The zero-order valence-corrected chi connectivity index (χ0v) is 11.2. The van der Waals surface area contributed by atoms with E-state index < -0.39 is 0 Å². The molecular formula is C15H16N2O2. The third kappa shape index (κ3) is 3.31. The van der Waals surface area contributed by atoms with Crippen molar-refractivity contribution < 1.29 is 9.21 Å². The van der Waals surface area contributed by atoms with Crippen LogP contribution < -0.4 is 5.32 Å². The summed E-state index contributed by atoms with van der Waals surface area (Å²) >= 11 is 0. The van der Waals surface area contributed by atoms with E-state index >= 15 is 0 Å². The summed E-state index contributed by atoms with van der Waals surface area (Å²) in [6.07, 6.45) is 4.63. The number of carbonyl (C=O) groups excluding carboxylic acids is 1. The van der Waals surface area contributed by atoms with E-state index in [4.69, 9.17) is 4.42 Å². The molecule has 0 saturated heterocycles. The van der Waals surface area contributed by atoms with E-state index in [9.17, 15) is 4.79 Å². The SMILES string of the molecule is Cc1cc(C)c(NC(=O)C=Cc2ccco2)c(C)n1. The molecule has 1 amide bonds. The highest BCUT2D eigenvalue weighted by atomic mass is 16.3. The Hall–Kier alpha value is -2.36. The smallest absolute Gasteiger partial charge is 0.248 e. The average molecular weight is 256 g/mol. The molecule has 1 N–H and O–H groups in total. The number of aryl methyl sites for hydroxylation is 3. The number of anilines is 1. The van der Waals surface area contributed by atoms with Crippen LogP contribution in [0.15, 0.2) is 35.0 Å². The minimum Gasteiger partial charge on any atom is -0.465 e. The minimum atomic E-state index is -0.201. The first-order valence-electron chi connectivity index (χ1n) is 6.03. The van der Waals surface area contributed by atoms with Crippen LogP contribution in [-0.2, 0) is 4.79 Å². The Morgan fingerprint density at radius 1 is 1.37 bits per heavy atom. The molecule has 0 atom stereocenters. The second-order valence-corrected chi connectivity index (χ2v) is 4.38. The maximum atomic E-state index is 11.8. The zero-order valence-electron chi connectivity index (χ0n) is 11.2. The second kappa shape index (κ2) is 5.52. The molecule has 4 nitrogen and oxygen atoms in total.